The molecule has 0 unspecified atom stereocenters. The average molecular weight is 170 g/mol. The van der Waals surface area contributed by atoms with Gasteiger partial charge in [0, 0.05) is 0 Å². The van der Waals surface area contributed by atoms with Crippen molar-refractivity contribution in [3.8, 4) is 6.07 Å². The van der Waals surface area contributed by atoms with E-state index in [1.807, 2.05) is 6.07 Å². The highest BCUT2D eigenvalue weighted by Crippen LogP contribution is 2.17. The van der Waals surface area contributed by atoms with E-state index in [1.54, 1.807) is 18.2 Å². The topological polar surface area (TPSA) is 75.8 Å². The molecular formula is C7H8ClN3. The minimum Gasteiger partial charge on any atom is -0.397 e. The van der Waals surface area contributed by atoms with Crippen LogP contribution in [0.1, 0.15) is 5.56 Å². The standard InChI is InChI=1S/C7H7N3.ClH/c8-4-5-2-1-3-6(9)7(5)10;/h1-3H,9-10H2;1H. The Morgan fingerprint density at radius 1 is 1.27 bits per heavy atom. The monoisotopic (exact) mass is 169 g/mol. The summed E-state index contributed by atoms with van der Waals surface area (Å²) in [6.07, 6.45) is 0. The molecule has 0 aliphatic rings. The van der Waals surface area contributed by atoms with E-state index >= 15 is 0 Å². The summed E-state index contributed by atoms with van der Waals surface area (Å²) in [5, 5.41) is 8.46. The minimum atomic E-state index is 0. The summed E-state index contributed by atoms with van der Waals surface area (Å²) >= 11 is 0. The van der Waals surface area contributed by atoms with Gasteiger partial charge in [-0.3, -0.25) is 0 Å². The van der Waals surface area contributed by atoms with Gasteiger partial charge in [-0.1, -0.05) is 6.07 Å². The second-order valence-corrected chi connectivity index (χ2v) is 1.92. The summed E-state index contributed by atoms with van der Waals surface area (Å²) in [7, 11) is 0. The molecular weight excluding hydrogens is 162 g/mol. The SMILES string of the molecule is Cl.N#Cc1cccc(N)c1N. The quantitative estimate of drug-likeness (QED) is 0.572. The number of nitrogens with zero attached hydrogens (tertiary/aromatic N) is 1. The number of hydrogen-bond donors (Lipinski definition) is 2. The molecule has 0 fully saturated rings. The van der Waals surface area contributed by atoms with Crippen LogP contribution in [0.25, 0.3) is 0 Å². The van der Waals surface area contributed by atoms with E-state index in [2.05, 4.69) is 0 Å². The van der Waals surface area contributed by atoms with E-state index < -0.39 is 0 Å². The molecule has 0 bridgehead atoms. The molecule has 0 radical (unpaired) electrons. The number of halogens is 1. The lowest BCUT2D eigenvalue weighted by molar-refractivity contribution is 1.48. The first-order valence-corrected chi connectivity index (χ1v) is 2.79. The summed E-state index contributed by atoms with van der Waals surface area (Å²) in [6.45, 7) is 0. The fourth-order valence-corrected chi connectivity index (χ4v) is 0.681. The predicted molar refractivity (Wildman–Crippen MR) is 47.2 cm³/mol. The molecule has 0 heterocycles. The average Bonchev–Trinajstić information content (AvgIpc) is 1.95. The van der Waals surface area contributed by atoms with Crippen LogP contribution in [0.5, 0.6) is 0 Å². The maximum Gasteiger partial charge on any atom is 0.101 e. The van der Waals surface area contributed by atoms with Gasteiger partial charge in [0.25, 0.3) is 0 Å². The van der Waals surface area contributed by atoms with Crippen molar-refractivity contribution < 1.29 is 0 Å². The molecule has 11 heavy (non-hydrogen) atoms. The number of nitrogen functional groups attached to an aromatic ring is 2. The first-order chi connectivity index (χ1) is 4.75. The van der Waals surface area contributed by atoms with Gasteiger partial charge in [-0.15, -0.1) is 12.4 Å². The van der Waals surface area contributed by atoms with Gasteiger partial charge in [0.15, 0.2) is 0 Å². The van der Waals surface area contributed by atoms with Gasteiger partial charge in [-0.05, 0) is 12.1 Å². The Kier molecular flexibility index (Phi) is 3.22. The van der Waals surface area contributed by atoms with Gasteiger partial charge >= 0.3 is 0 Å². The van der Waals surface area contributed by atoms with Crippen LogP contribution in [0.2, 0.25) is 0 Å². The fourth-order valence-electron chi connectivity index (χ4n) is 0.681. The van der Waals surface area contributed by atoms with Gasteiger partial charge in [-0.2, -0.15) is 5.26 Å². The Bertz CT molecular complexity index is 290. The number of nitriles is 1. The summed E-state index contributed by atoms with van der Waals surface area (Å²) in [6, 6.07) is 6.92. The number of hydrogen-bond acceptors (Lipinski definition) is 3. The van der Waals surface area contributed by atoms with Crippen LogP contribution in [-0.4, -0.2) is 0 Å². The molecule has 1 rings (SSSR count). The third-order valence-corrected chi connectivity index (χ3v) is 1.26. The molecule has 0 aromatic heterocycles. The fraction of sp³-hybridized carbons (Fsp3) is 0. The van der Waals surface area contributed by atoms with Crippen molar-refractivity contribution in [2.24, 2.45) is 0 Å². The molecule has 1 aromatic rings. The van der Waals surface area contributed by atoms with Crippen LogP contribution < -0.4 is 11.5 Å². The first-order valence-electron chi connectivity index (χ1n) is 2.79. The summed E-state index contributed by atoms with van der Waals surface area (Å²) in [5.41, 5.74) is 12.1. The van der Waals surface area contributed by atoms with E-state index in [0.29, 0.717) is 16.9 Å². The molecule has 4 N–H and O–H groups in total. The van der Waals surface area contributed by atoms with E-state index in [1.165, 1.54) is 0 Å². The lowest BCUT2D eigenvalue weighted by atomic mass is 10.2. The lowest BCUT2D eigenvalue weighted by Gasteiger charge is -1.98. The molecule has 4 heteroatoms. The van der Waals surface area contributed by atoms with Crippen LogP contribution in [0.15, 0.2) is 18.2 Å². The smallest absolute Gasteiger partial charge is 0.101 e. The van der Waals surface area contributed by atoms with Crippen LogP contribution in [0, 0.1) is 11.3 Å². The van der Waals surface area contributed by atoms with Crippen molar-refractivity contribution in [2.45, 2.75) is 0 Å². The Hall–Kier alpha value is -1.40. The Balaban J connectivity index is 0.000001000. The normalized spacial score (nSPS) is 7.91. The van der Waals surface area contributed by atoms with E-state index in [-0.39, 0.29) is 12.4 Å². The summed E-state index contributed by atoms with van der Waals surface area (Å²) < 4.78 is 0. The van der Waals surface area contributed by atoms with Crippen LogP contribution in [0.4, 0.5) is 11.4 Å². The van der Waals surface area contributed by atoms with Gasteiger partial charge in [0.1, 0.15) is 6.07 Å². The predicted octanol–water partition coefficient (Wildman–Crippen LogP) is 1.14. The number of rotatable bonds is 0. The van der Waals surface area contributed by atoms with E-state index in [9.17, 15) is 0 Å². The number of para-hydroxylation sites is 1. The van der Waals surface area contributed by atoms with Crippen molar-refractivity contribution in [3.05, 3.63) is 23.8 Å². The first kappa shape index (κ1) is 9.60. The zero-order valence-electron chi connectivity index (χ0n) is 5.74. The van der Waals surface area contributed by atoms with Crippen LogP contribution >= 0.6 is 12.4 Å². The number of benzene rings is 1. The largest absolute Gasteiger partial charge is 0.397 e. The second-order valence-electron chi connectivity index (χ2n) is 1.92. The molecule has 0 aliphatic carbocycles. The highest BCUT2D eigenvalue weighted by Gasteiger charge is 1.98. The molecule has 0 saturated heterocycles. The molecule has 0 atom stereocenters. The number of nitrogens with two attached hydrogens (primary N) is 2. The zero-order chi connectivity index (χ0) is 7.56. The Labute approximate surface area is 71.0 Å². The third-order valence-electron chi connectivity index (χ3n) is 1.26. The molecule has 0 saturated carbocycles. The maximum absolute atomic E-state index is 8.46. The van der Waals surface area contributed by atoms with E-state index in [4.69, 9.17) is 16.7 Å². The molecule has 0 aliphatic heterocycles. The van der Waals surface area contributed by atoms with Crippen molar-refractivity contribution in [3.63, 3.8) is 0 Å². The molecule has 58 valence electrons. The number of anilines is 2. The van der Waals surface area contributed by atoms with Crippen molar-refractivity contribution in [2.75, 3.05) is 11.5 Å². The van der Waals surface area contributed by atoms with Gasteiger partial charge in [-0.25, -0.2) is 0 Å². The Morgan fingerprint density at radius 3 is 2.36 bits per heavy atom. The van der Waals surface area contributed by atoms with Gasteiger partial charge in [0.2, 0.25) is 0 Å². The molecule has 0 amide bonds. The van der Waals surface area contributed by atoms with Crippen molar-refractivity contribution in [1.29, 1.82) is 5.26 Å². The minimum absolute atomic E-state index is 0. The van der Waals surface area contributed by atoms with Gasteiger partial charge in [0.05, 0.1) is 16.9 Å². The van der Waals surface area contributed by atoms with E-state index in [0.717, 1.165) is 0 Å². The molecule has 3 nitrogen and oxygen atoms in total. The second kappa shape index (κ2) is 3.69. The molecule has 0 spiro atoms. The van der Waals surface area contributed by atoms with Crippen molar-refractivity contribution >= 4 is 23.8 Å². The lowest BCUT2D eigenvalue weighted by Crippen LogP contribution is -1.96. The van der Waals surface area contributed by atoms with Crippen LogP contribution in [0.3, 0.4) is 0 Å². The Morgan fingerprint density at radius 2 is 1.91 bits per heavy atom. The van der Waals surface area contributed by atoms with Crippen molar-refractivity contribution in [1.82, 2.24) is 0 Å². The third kappa shape index (κ3) is 1.76. The highest BCUT2D eigenvalue weighted by atomic mass is 35.5. The highest BCUT2D eigenvalue weighted by molar-refractivity contribution is 5.85. The maximum atomic E-state index is 8.46. The van der Waals surface area contributed by atoms with Gasteiger partial charge < -0.3 is 11.5 Å². The molecule has 1 aromatic carbocycles. The van der Waals surface area contributed by atoms with Crippen LogP contribution in [-0.2, 0) is 0 Å². The summed E-state index contributed by atoms with van der Waals surface area (Å²) in [5.74, 6) is 0. The zero-order valence-corrected chi connectivity index (χ0v) is 6.56. The summed E-state index contributed by atoms with van der Waals surface area (Å²) in [4.78, 5) is 0.